The van der Waals surface area contributed by atoms with E-state index in [9.17, 15) is 0 Å². The van der Waals surface area contributed by atoms with E-state index in [0.717, 1.165) is 48.6 Å². The lowest BCUT2D eigenvalue weighted by Gasteiger charge is -2.12. The first kappa shape index (κ1) is 21.5. The average molecular weight is 429 g/mol. The Balaban J connectivity index is 1.46. The normalized spacial score (nSPS) is 11.5. The average Bonchev–Trinajstić information content (AvgIpc) is 3.24. The summed E-state index contributed by atoms with van der Waals surface area (Å²) in [5.41, 5.74) is 5.03. The van der Waals surface area contributed by atoms with E-state index in [1.165, 1.54) is 5.56 Å². The largest absolute Gasteiger partial charge is 0.369 e. The molecule has 2 heterocycles. The number of nitrogens with zero attached hydrogens (tertiary/aromatic N) is 6. The third kappa shape index (κ3) is 5.67. The number of benzene rings is 2. The molecule has 0 aliphatic heterocycles. The molecular weight excluding hydrogens is 400 g/mol. The van der Waals surface area contributed by atoms with Gasteiger partial charge in [-0.25, -0.2) is 15.4 Å². The van der Waals surface area contributed by atoms with Crippen LogP contribution in [0, 0.1) is 0 Å². The maximum absolute atomic E-state index is 4.64. The van der Waals surface area contributed by atoms with Crippen LogP contribution in [0.25, 0.3) is 10.9 Å². The summed E-state index contributed by atoms with van der Waals surface area (Å²) >= 11 is 0. The summed E-state index contributed by atoms with van der Waals surface area (Å²) in [7, 11) is 4.15. The molecule has 4 rings (SSSR count). The monoisotopic (exact) mass is 428 g/mol. The second-order valence-electron chi connectivity index (χ2n) is 7.77. The minimum absolute atomic E-state index is 0.441. The van der Waals surface area contributed by atoms with E-state index in [1.54, 1.807) is 12.4 Å². The molecule has 0 atom stereocenters. The molecule has 0 aliphatic carbocycles. The summed E-state index contributed by atoms with van der Waals surface area (Å²) in [5, 5.41) is 8.76. The first-order valence-corrected chi connectivity index (χ1v) is 10.7. The number of aromatic nitrogens is 4. The van der Waals surface area contributed by atoms with Gasteiger partial charge in [-0.1, -0.05) is 42.5 Å². The van der Waals surface area contributed by atoms with Gasteiger partial charge in [-0.05, 0) is 44.8 Å². The molecule has 0 spiro atoms. The van der Waals surface area contributed by atoms with E-state index in [0.29, 0.717) is 5.95 Å². The topological polar surface area (TPSA) is 83.3 Å². The van der Waals surface area contributed by atoms with Gasteiger partial charge in [0.25, 0.3) is 0 Å². The Hall–Kier alpha value is -3.78. The second kappa shape index (κ2) is 10.5. The van der Waals surface area contributed by atoms with E-state index in [1.807, 2.05) is 53.2 Å². The molecule has 2 N–H and O–H groups in total. The molecule has 164 valence electrons. The van der Waals surface area contributed by atoms with E-state index in [4.69, 9.17) is 0 Å². The molecule has 4 aromatic rings. The van der Waals surface area contributed by atoms with Crippen LogP contribution in [0.2, 0.25) is 0 Å². The lowest BCUT2D eigenvalue weighted by atomic mass is 10.2. The van der Waals surface area contributed by atoms with Gasteiger partial charge in [-0.15, -0.1) is 0 Å². The van der Waals surface area contributed by atoms with Crippen LogP contribution in [-0.2, 0) is 6.54 Å². The first-order chi connectivity index (χ1) is 15.7. The van der Waals surface area contributed by atoms with Crippen LogP contribution in [0.1, 0.15) is 17.8 Å². The fourth-order valence-corrected chi connectivity index (χ4v) is 3.37. The van der Waals surface area contributed by atoms with Crippen molar-refractivity contribution in [3.63, 3.8) is 0 Å². The Morgan fingerprint density at radius 1 is 1.03 bits per heavy atom. The minimum Gasteiger partial charge on any atom is -0.369 e. The second-order valence-corrected chi connectivity index (χ2v) is 7.77. The van der Waals surface area contributed by atoms with Gasteiger partial charge in [0.1, 0.15) is 5.82 Å². The highest BCUT2D eigenvalue weighted by Gasteiger charge is 2.07. The molecule has 8 heteroatoms. The van der Waals surface area contributed by atoms with Gasteiger partial charge in [0, 0.05) is 30.9 Å². The van der Waals surface area contributed by atoms with Gasteiger partial charge in [0.2, 0.25) is 5.95 Å². The number of para-hydroxylation sites is 1. The zero-order valence-corrected chi connectivity index (χ0v) is 18.4. The van der Waals surface area contributed by atoms with Crippen molar-refractivity contribution in [1.29, 1.82) is 0 Å². The van der Waals surface area contributed by atoms with Crippen LogP contribution in [0.15, 0.2) is 72.1 Å². The van der Waals surface area contributed by atoms with Crippen molar-refractivity contribution in [3.8, 4) is 0 Å². The van der Waals surface area contributed by atoms with Crippen LogP contribution in [0.4, 0.5) is 11.8 Å². The van der Waals surface area contributed by atoms with Crippen molar-refractivity contribution >= 4 is 28.9 Å². The van der Waals surface area contributed by atoms with Gasteiger partial charge >= 0.3 is 0 Å². The Bertz CT molecular complexity index is 1170. The van der Waals surface area contributed by atoms with Gasteiger partial charge in [-0.3, -0.25) is 0 Å². The smallest absolute Gasteiger partial charge is 0.246 e. The molecule has 0 radical (unpaired) electrons. The summed E-state index contributed by atoms with van der Waals surface area (Å²) in [6.07, 6.45) is 6.42. The molecule has 0 unspecified atom stereocenters. The molecule has 0 fully saturated rings. The Morgan fingerprint density at radius 3 is 2.69 bits per heavy atom. The molecule has 0 bridgehead atoms. The number of hydrogen-bond acceptors (Lipinski definition) is 7. The number of fused-ring (bicyclic) bond motifs is 1. The lowest BCUT2D eigenvalue weighted by Crippen LogP contribution is -2.17. The van der Waals surface area contributed by atoms with Crippen molar-refractivity contribution in [2.24, 2.45) is 5.10 Å². The number of imidazole rings is 1. The SMILES string of the molecule is CN(C)CCCNc1nc(N/N=C/c2nccn2Cc2ccccc2)nc2ccccc12. The van der Waals surface area contributed by atoms with Gasteiger partial charge in [0.15, 0.2) is 5.82 Å². The van der Waals surface area contributed by atoms with Crippen LogP contribution >= 0.6 is 0 Å². The van der Waals surface area contributed by atoms with Gasteiger partial charge in [-0.2, -0.15) is 10.1 Å². The Labute approximate surface area is 188 Å². The molecule has 32 heavy (non-hydrogen) atoms. The summed E-state index contributed by atoms with van der Waals surface area (Å²) in [6, 6.07) is 18.2. The maximum Gasteiger partial charge on any atom is 0.246 e. The predicted octanol–water partition coefficient (Wildman–Crippen LogP) is 3.68. The van der Waals surface area contributed by atoms with Gasteiger partial charge < -0.3 is 14.8 Å². The zero-order valence-electron chi connectivity index (χ0n) is 18.4. The van der Waals surface area contributed by atoms with E-state index < -0.39 is 0 Å². The van der Waals surface area contributed by atoms with E-state index >= 15 is 0 Å². The van der Waals surface area contributed by atoms with E-state index in [2.05, 4.69) is 61.9 Å². The number of hydrogen-bond donors (Lipinski definition) is 2. The minimum atomic E-state index is 0.441. The Morgan fingerprint density at radius 2 is 1.84 bits per heavy atom. The lowest BCUT2D eigenvalue weighted by molar-refractivity contribution is 0.405. The highest BCUT2D eigenvalue weighted by atomic mass is 15.4. The standard InChI is InChI=1S/C24H28N8/c1-31(2)15-8-13-26-23-20-11-6-7-12-21(20)28-24(29-23)30-27-17-22-25-14-16-32(22)18-19-9-4-3-5-10-19/h3-7,9-12,14,16-17H,8,13,15,18H2,1-2H3,(H2,26,28,29,30)/b27-17+. The highest BCUT2D eigenvalue weighted by molar-refractivity contribution is 5.90. The first-order valence-electron chi connectivity index (χ1n) is 10.7. The van der Waals surface area contributed by atoms with Gasteiger partial charge in [0.05, 0.1) is 11.7 Å². The van der Waals surface area contributed by atoms with Crippen LogP contribution < -0.4 is 10.7 Å². The van der Waals surface area contributed by atoms with Crippen molar-refractivity contribution in [2.45, 2.75) is 13.0 Å². The van der Waals surface area contributed by atoms with E-state index in [-0.39, 0.29) is 0 Å². The van der Waals surface area contributed by atoms with Crippen molar-refractivity contribution in [2.75, 3.05) is 37.9 Å². The molecule has 0 amide bonds. The number of hydrazone groups is 1. The predicted molar refractivity (Wildman–Crippen MR) is 130 cm³/mol. The summed E-state index contributed by atoms with van der Waals surface area (Å²) in [6.45, 7) is 2.58. The fraction of sp³-hybridized carbons (Fsp3) is 0.250. The summed E-state index contributed by atoms with van der Waals surface area (Å²) in [5.74, 6) is 2.00. The number of anilines is 2. The molecular formula is C24H28N8. The molecule has 2 aromatic carbocycles. The van der Waals surface area contributed by atoms with Crippen molar-refractivity contribution < 1.29 is 0 Å². The molecule has 0 aliphatic rings. The fourth-order valence-electron chi connectivity index (χ4n) is 3.37. The van der Waals surface area contributed by atoms with Crippen molar-refractivity contribution in [1.82, 2.24) is 24.4 Å². The summed E-state index contributed by atoms with van der Waals surface area (Å²) < 4.78 is 2.04. The van der Waals surface area contributed by atoms with Crippen molar-refractivity contribution in [3.05, 3.63) is 78.4 Å². The maximum atomic E-state index is 4.64. The summed E-state index contributed by atoms with van der Waals surface area (Å²) in [4.78, 5) is 15.8. The zero-order chi connectivity index (χ0) is 22.2. The Kier molecular flexibility index (Phi) is 7.04. The highest BCUT2D eigenvalue weighted by Crippen LogP contribution is 2.21. The molecule has 8 nitrogen and oxygen atoms in total. The van der Waals surface area contributed by atoms with Crippen LogP contribution in [-0.4, -0.2) is 57.8 Å². The third-order valence-electron chi connectivity index (χ3n) is 4.97. The number of rotatable bonds is 10. The molecule has 0 saturated heterocycles. The molecule has 2 aromatic heterocycles. The quantitative estimate of drug-likeness (QED) is 0.228. The van der Waals surface area contributed by atoms with Crippen LogP contribution in [0.3, 0.4) is 0 Å². The third-order valence-corrected chi connectivity index (χ3v) is 4.97. The molecule has 0 saturated carbocycles. The van der Waals surface area contributed by atoms with Crippen LogP contribution in [0.5, 0.6) is 0 Å². The number of nitrogens with one attached hydrogen (secondary N) is 2.